The lowest BCUT2D eigenvalue weighted by molar-refractivity contribution is 0.0144. The molecule has 0 aliphatic heterocycles. The van der Waals surface area contributed by atoms with Gasteiger partial charge in [0.1, 0.15) is 5.75 Å². The zero-order valence-electron chi connectivity index (χ0n) is 12.6. The maximum Gasteiger partial charge on any atom is 0.123 e. The Bertz CT molecular complexity index is 442. The molecule has 1 aromatic rings. The Hall–Kier alpha value is -1.10. The van der Waals surface area contributed by atoms with Crippen molar-refractivity contribution in [3.05, 3.63) is 29.3 Å². The van der Waals surface area contributed by atoms with Gasteiger partial charge >= 0.3 is 0 Å². The van der Waals surface area contributed by atoms with Crippen LogP contribution < -0.4 is 10.5 Å². The molecule has 1 aromatic carbocycles. The highest BCUT2D eigenvalue weighted by Crippen LogP contribution is 2.30. The van der Waals surface area contributed by atoms with E-state index in [4.69, 9.17) is 10.5 Å². The van der Waals surface area contributed by atoms with E-state index in [0.717, 1.165) is 49.1 Å². The van der Waals surface area contributed by atoms with Gasteiger partial charge in [-0.05, 0) is 37.6 Å². The number of hydrogen-bond acceptors (Lipinski definition) is 4. The lowest BCUT2D eigenvalue weighted by atomic mass is 10.0. The largest absolute Gasteiger partial charge is 0.496 e. The minimum atomic E-state index is -0.506. The molecule has 0 aromatic heterocycles. The summed E-state index contributed by atoms with van der Waals surface area (Å²) in [5.74, 6) is 0.882. The van der Waals surface area contributed by atoms with E-state index in [-0.39, 0.29) is 0 Å². The minimum Gasteiger partial charge on any atom is -0.496 e. The van der Waals surface area contributed by atoms with E-state index >= 15 is 0 Å². The Balaban J connectivity index is 2.04. The molecule has 4 nitrogen and oxygen atoms in total. The van der Waals surface area contributed by atoms with Crippen LogP contribution in [-0.2, 0) is 13.1 Å². The number of rotatable bonds is 6. The summed E-state index contributed by atoms with van der Waals surface area (Å²) >= 11 is 0. The van der Waals surface area contributed by atoms with Crippen LogP contribution in [0.2, 0.25) is 0 Å². The normalized spacial score (nSPS) is 17.6. The number of aliphatic hydroxyl groups is 1. The second kappa shape index (κ2) is 6.57. The molecule has 2 rings (SSSR count). The molecule has 4 heteroatoms. The molecule has 1 saturated carbocycles. The molecule has 1 aliphatic rings. The smallest absolute Gasteiger partial charge is 0.123 e. The molecule has 1 fully saturated rings. The summed E-state index contributed by atoms with van der Waals surface area (Å²) < 4.78 is 5.41. The molecule has 0 heterocycles. The molecule has 0 unspecified atom stereocenters. The van der Waals surface area contributed by atoms with Gasteiger partial charge in [-0.3, -0.25) is 4.90 Å². The van der Waals surface area contributed by atoms with Gasteiger partial charge in [-0.1, -0.05) is 18.9 Å². The topological polar surface area (TPSA) is 58.7 Å². The van der Waals surface area contributed by atoms with Gasteiger partial charge in [-0.25, -0.2) is 0 Å². The van der Waals surface area contributed by atoms with E-state index in [1.807, 2.05) is 19.2 Å². The van der Waals surface area contributed by atoms with Crippen molar-refractivity contribution in [3.8, 4) is 5.75 Å². The lowest BCUT2D eigenvalue weighted by Gasteiger charge is -2.29. The number of benzene rings is 1. The van der Waals surface area contributed by atoms with Crippen molar-refractivity contribution in [1.29, 1.82) is 0 Å². The van der Waals surface area contributed by atoms with E-state index in [1.165, 1.54) is 0 Å². The highest BCUT2D eigenvalue weighted by molar-refractivity contribution is 5.37. The number of ether oxygens (including phenoxy) is 1. The third kappa shape index (κ3) is 3.72. The van der Waals surface area contributed by atoms with Crippen molar-refractivity contribution in [2.24, 2.45) is 5.73 Å². The molecule has 0 radical (unpaired) electrons. The van der Waals surface area contributed by atoms with Gasteiger partial charge in [0.25, 0.3) is 0 Å². The summed E-state index contributed by atoms with van der Waals surface area (Å²) in [7, 11) is 3.73. The summed E-state index contributed by atoms with van der Waals surface area (Å²) in [5.41, 5.74) is 7.42. The summed E-state index contributed by atoms with van der Waals surface area (Å²) in [6, 6.07) is 6.05. The van der Waals surface area contributed by atoms with E-state index in [9.17, 15) is 5.11 Å². The second-order valence-corrected chi connectivity index (χ2v) is 5.95. The first-order chi connectivity index (χ1) is 9.56. The fourth-order valence-corrected chi connectivity index (χ4v) is 3.12. The van der Waals surface area contributed by atoms with Crippen LogP contribution in [0, 0.1) is 0 Å². The molecule has 0 spiro atoms. The van der Waals surface area contributed by atoms with Crippen LogP contribution in [0.25, 0.3) is 0 Å². The number of nitrogens with zero attached hydrogens (tertiary/aromatic N) is 1. The van der Waals surface area contributed by atoms with Gasteiger partial charge in [0.2, 0.25) is 0 Å². The van der Waals surface area contributed by atoms with Crippen molar-refractivity contribution in [1.82, 2.24) is 4.90 Å². The Labute approximate surface area is 121 Å². The second-order valence-electron chi connectivity index (χ2n) is 5.95. The molecule has 0 bridgehead atoms. The number of likely N-dealkylation sites (N-methyl/N-ethyl adjacent to an activating group) is 1. The van der Waals surface area contributed by atoms with Crippen molar-refractivity contribution in [2.45, 2.75) is 44.4 Å². The van der Waals surface area contributed by atoms with Gasteiger partial charge < -0.3 is 15.6 Å². The molecular weight excluding hydrogens is 252 g/mol. The van der Waals surface area contributed by atoms with Crippen molar-refractivity contribution in [2.75, 3.05) is 20.7 Å². The Morgan fingerprint density at radius 2 is 2.05 bits per heavy atom. The lowest BCUT2D eigenvalue weighted by Crippen LogP contribution is -2.38. The van der Waals surface area contributed by atoms with Crippen molar-refractivity contribution >= 4 is 0 Å². The van der Waals surface area contributed by atoms with Gasteiger partial charge in [0.15, 0.2) is 0 Å². The van der Waals surface area contributed by atoms with Gasteiger partial charge in [0, 0.05) is 25.2 Å². The van der Waals surface area contributed by atoms with Crippen LogP contribution in [-0.4, -0.2) is 36.3 Å². The molecule has 1 aliphatic carbocycles. The zero-order valence-corrected chi connectivity index (χ0v) is 12.6. The number of methoxy groups -OCH3 is 1. The van der Waals surface area contributed by atoms with Crippen LogP contribution in [0.1, 0.15) is 36.8 Å². The van der Waals surface area contributed by atoms with Crippen LogP contribution in [0.4, 0.5) is 0 Å². The molecule has 0 atom stereocenters. The first-order valence-corrected chi connectivity index (χ1v) is 7.33. The van der Waals surface area contributed by atoms with Gasteiger partial charge in [-0.2, -0.15) is 0 Å². The van der Waals surface area contributed by atoms with Crippen LogP contribution in [0.3, 0.4) is 0 Å². The summed E-state index contributed by atoms with van der Waals surface area (Å²) in [5, 5.41) is 10.5. The highest BCUT2D eigenvalue weighted by atomic mass is 16.5. The summed E-state index contributed by atoms with van der Waals surface area (Å²) in [6.45, 7) is 2.01. The monoisotopic (exact) mass is 278 g/mol. The number of nitrogens with two attached hydrogens (primary N) is 1. The van der Waals surface area contributed by atoms with Crippen molar-refractivity contribution < 1.29 is 9.84 Å². The van der Waals surface area contributed by atoms with E-state index in [0.29, 0.717) is 13.1 Å². The molecule has 0 amide bonds. The van der Waals surface area contributed by atoms with E-state index < -0.39 is 5.60 Å². The zero-order chi connectivity index (χ0) is 14.6. The Morgan fingerprint density at radius 1 is 1.35 bits per heavy atom. The van der Waals surface area contributed by atoms with Gasteiger partial charge in [0.05, 0.1) is 12.7 Å². The highest BCUT2D eigenvalue weighted by Gasteiger charge is 2.32. The first-order valence-electron chi connectivity index (χ1n) is 7.33. The maximum absolute atomic E-state index is 10.5. The van der Waals surface area contributed by atoms with Crippen molar-refractivity contribution in [3.63, 3.8) is 0 Å². The summed E-state index contributed by atoms with van der Waals surface area (Å²) in [6.07, 6.45) is 4.10. The molecule has 3 N–H and O–H groups in total. The average molecular weight is 278 g/mol. The van der Waals surface area contributed by atoms with Crippen LogP contribution in [0.15, 0.2) is 18.2 Å². The first kappa shape index (κ1) is 15.3. The van der Waals surface area contributed by atoms with E-state index in [1.54, 1.807) is 7.11 Å². The summed E-state index contributed by atoms with van der Waals surface area (Å²) in [4.78, 5) is 2.17. The molecule has 20 heavy (non-hydrogen) atoms. The standard InChI is InChI=1S/C16H26N2O2/c1-18(12-16(19)7-3-4-8-16)11-14-9-13(10-17)5-6-15(14)20-2/h5-6,9,19H,3-4,7-8,10-12,17H2,1-2H3. The van der Waals surface area contributed by atoms with Crippen LogP contribution in [0.5, 0.6) is 5.75 Å². The Kier molecular flexibility index (Phi) is 5.02. The predicted octanol–water partition coefficient (Wildman–Crippen LogP) is 1.89. The van der Waals surface area contributed by atoms with Gasteiger partial charge in [-0.15, -0.1) is 0 Å². The third-order valence-electron chi connectivity index (χ3n) is 4.12. The minimum absolute atomic E-state index is 0.506. The predicted molar refractivity (Wildman–Crippen MR) is 80.6 cm³/mol. The number of hydrogen-bond donors (Lipinski definition) is 2. The average Bonchev–Trinajstić information content (AvgIpc) is 2.84. The van der Waals surface area contributed by atoms with E-state index in [2.05, 4.69) is 11.0 Å². The molecule has 112 valence electrons. The molecule has 0 saturated heterocycles. The molecular formula is C16H26N2O2. The quantitative estimate of drug-likeness (QED) is 0.834. The fraction of sp³-hybridized carbons (Fsp3) is 0.625. The fourth-order valence-electron chi connectivity index (χ4n) is 3.12. The maximum atomic E-state index is 10.5. The SMILES string of the molecule is COc1ccc(CN)cc1CN(C)CC1(O)CCCC1. The third-order valence-corrected chi connectivity index (χ3v) is 4.12. The van der Waals surface area contributed by atoms with Crippen LogP contribution >= 0.6 is 0 Å². The Morgan fingerprint density at radius 3 is 2.65 bits per heavy atom.